The number of fused-ring (bicyclic) bond motifs is 1. The van der Waals surface area contributed by atoms with Gasteiger partial charge < -0.3 is 0 Å². The summed E-state index contributed by atoms with van der Waals surface area (Å²) in [6.07, 6.45) is 0. The smallest absolute Gasteiger partial charge is 0.0705 e. The number of benzene rings is 1. The molecule has 1 heterocycles. The summed E-state index contributed by atoms with van der Waals surface area (Å²) in [5.74, 6) is 0. The molecule has 0 aliphatic rings. The van der Waals surface area contributed by atoms with Gasteiger partial charge in [0.2, 0.25) is 0 Å². The molecule has 0 fully saturated rings. The van der Waals surface area contributed by atoms with Crippen LogP contribution in [0.5, 0.6) is 0 Å². The SMILES string of the molecule is Cc1ccc2ccccc2n1.Cl.Cl. The summed E-state index contributed by atoms with van der Waals surface area (Å²) in [5, 5.41) is 1.21. The van der Waals surface area contributed by atoms with Crippen molar-refractivity contribution in [2.45, 2.75) is 6.92 Å². The Morgan fingerprint density at radius 2 is 1.62 bits per heavy atom. The molecule has 1 aromatic heterocycles. The van der Waals surface area contributed by atoms with Crippen LogP contribution in [0.4, 0.5) is 0 Å². The lowest BCUT2D eigenvalue weighted by atomic mass is 10.2. The summed E-state index contributed by atoms with van der Waals surface area (Å²) in [6, 6.07) is 12.3. The van der Waals surface area contributed by atoms with Gasteiger partial charge in [-0.05, 0) is 19.1 Å². The predicted octanol–water partition coefficient (Wildman–Crippen LogP) is 3.39. The van der Waals surface area contributed by atoms with E-state index < -0.39 is 0 Å². The summed E-state index contributed by atoms with van der Waals surface area (Å²) in [7, 11) is 0. The zero-order valence-corrected chi connectivity index (χ0v) is 8.86. The summed E-state index contributed by atoms with van der Waals surface area (Å²) in [5.41, 5.74) is 2.15. The first-order valence-electron chi connectivity index (χ1n) is 3.69. The van der Waals surface area contributed by atoms with Crippen molar-refractivity contribution in [3.63, 3.8) is 0 Å². The van der Waals surface area contributed by atoms with E-state index in [-0.39, 0.29) is 24.8 Å². The average molecular weight is 216 g/mol. The Bertz CT molecular complexity index is 387. The standard InChI is InChI=1S/C10H9N.2ClH/c1-8-6-7-9-4-2-3-5-10(9)11-8;;/h2-7H,1H3;2*1H. The number of pyridine rings is 1. The quantitative estimate of drug-likeness (QED) is 0.657. The number of aromatic nitrogens is 1. The van der Waals surface area contributed by atoms with Gasteiger partial charge in [-0.1, -0.05) is 24.3 Å². The monoisotopic (exact) mass is 215 g/mol. The van der Waals surface area contributed by atoms with Crippen molar-refractivity contribution in [2.24, 2.45) is 0 Å². The van der Waals surface area contributed by atoms with Crippen LogP contribution < -0.4 is 0 Å². The molecule has 0 saturated heterocycles. The molecule has 2 aromatic rings. The van der Waals surface area contributed by atoms with Crippen molar-refractivity contribution < 1.29 is 0 Å². The van der Waals surface area contributed by atoms with Gasteiger partial charge in [0.05, 0.1) is 5.52 Å². The van der Waals surface area contributed by atoms with E-state index in [0.717, 1.165) is 11.2 Å². The normalized spacial score (nSPS) is 8.69. The number of hydrogen-bond donors (Lipinski definition) is 0. The summed E-state index contributed by atoms with van der Waals surface area (Å²) < 4.78 is 0. The van der Waals surface area contributed by atoms with E-state index in [2.05, 4.69) is 17.1 Å². The number of para-hydroxylation sites is 1. The molecule has 1 aromatic carbocycles. The molecule has 70 valence electrons. The second-order valence-corrected chi connectivity index (χ2v) is 2.65. The third-order valence-electron chi connectivity index (χ3n) is 1.74. The lowest BCUT2D eigenvalue weighted by Crippen LogP contribution is -1.80. The fraction of sp³-hybridized carbons (Fsp3) is 0.100. The maximum Gasteiger partial charge on any atom is 0.0705 e. The summed E-state index contributed by atoms with van der Waals surface area (Å²) >= 11 is 0. The second-order valence-electron chi connectivity index (χ2n) is 2.65. The van der Waals surface area contributed by atoms with E-state index >= 15 is 0 Å². The zero-order chi connectivity index (χ0) is 7.68. The van der Waals surface area contributed by atoms with Crippen molar-refractivity contribution >= 4 is 35.7 Å². The van der Waals surface area contributed by atoms with E-state index in [0.29, 0.717) is 0 Å². The molecule has 0 spiro atoms. The number of rotatable bonds is 0. The molecule has 0 radical (unpaired) electrons. The summed E-state index contributed by atoms with van der Waals surface area (Å²) in [6.45, 7) is 2.01. The van der Waals surface area contributed by atoms with E-state index in [1.165, 1.54) is 5.39 Å². The van der Waals surface area contributed by atoms with Crippen LogP contribution in [-0.4, -0.2) is 4.98 Å². The predicted molar refractivity (Wildman–Crippen MR) is 61.0 cm³/mol. The molecule has 0 unspecified atom stereocenters. The van der Waals surface area contributed by atoms with E-state index in [4.69, 9.17) is 0 Å². The highest BCUT2D eigenvalue weighted by Crippen LogP contribution is 2.10. The minimum absolute atomic E-state index is 0. The Hall–Kier alpha value is -0.790. The first-order chi connectivity index (χ1) is 5.36. The molecule has 3 heteroatoms. The maximum absolute atomic E-state index is 4.38. The number of nitrogens with zero attached hydrogens (tertiary/aromatic N) is 1. The fourth-order valence-electron chi connectivity index (χ4n) is 1.17. The Morgan fingerprint density at radius 1 is 0.923 bits per heavy atom. The molecular formula is C10H11Cl2N. The maximum atomic E-state index is 4.38. The van der Waals surface area contributed by atoms with Crippen LogP contribution in [0, 0.1) is 6.92 Å². The Balaban J connectivity index is 0.000000720. The fourth-order valence-corrected chi connectivity index (χ4v) is 1.17. The van der Waals surface area contributed by atoms with Crippen LogP contribution >= 0.6 is 24.8 Å². The third kappa shape index (κ3) is 2.58. The Morgan fingerprint density at radius 3 is 2.38 bits per heavy atom. The van der Waals surface area contributed by atoms with Crippen LogP contribution in [0.3, 0.4) is 0 Å². The molecule has 13 heavy (non-hydrogen) atoms. The number of hydrogen-bond acceptors (Lipinski definition) is 1. The van der Waals surface area contributed by atoms with Gasteiger partial charge in [0.1, 0.15) is 0 Å². The van der Waals surface area contributed by atoms with Crippen molar-refractivity contribution in [1.29, 1.82) is 0 Å². The lowest BCUT2D eigenvalue weighted by molar-refractivity contribution is 1.26. The van der Waals surface area contributed by atoms with Gasteiger partial charge in [0.15, 0.2) is 0 Å². The Labute approximate surface area is 90.0 Å². The van der Waals surface area contributed by atoms with Gasteiger partial charge in [-0.2, -0.15) is 0 Å². The van der Waals surface area contributed by atoms with Crippen molar-refractivity contribution in [1.82, 2.24) is 4.98 Å². The topological polar surface area (TPSA) is 12.9 Å². The second kappa shape index (κ2) is 5.05. The highest BCUT2D eigenvalue weighted by molar-refractivity contribution is 5.85. The van der Waals surface area contributed by atoms with Gasteiger partial charge in [0, 0.05) is 11.1 Å². The van der Waals surface area contributed by atoms with Crippen LogP contribution in [0.1, 0.15) is 5.69 Å². The number of aryl methyl sites for hydroxylation is 1. The molecule has 0 atom stereocenters. The van der Waals surface area contributed by atoms with Gasteiger partial charge in [-0.3, -0.25) is 4.98 Å². The van der Waals surface area contributed by atoms with E-state index in [1.54, 1.807) is 0 Å². The molecule has 0 N–H and O–H groups in total. The molecular weight excluding hydrogens is 205 g/mol. The molecule has 0 aliphatic heterocycles. The number of halogens is 2. The van der Waals surface area contributed by atoms with Gasteiger partial charge >= 0.3 is 0 Å². The highest BCUT2D eigenvalue weighted by Gasteiger charge is 1.90. The molecule has 0 bridgehead atoms. The van der Waals surface area contributed by atoms with Crippen molar-refractivity contribution in [2.75, 3.05) is 0 Å². The molecule has 0 saturated carbocycles. The minimum Gasteiger partial charge on any atom is -0.253 e. The highest BCUT2D eigenvalue weighted by atomic mass is 35.5. The summed E-state index contributed by atoms with van der Waals surface area (Å²) in [4.78, 5) is 4.38. The lowest BCUT2D eigenvalue weighted by Gasteiger charge is -1.95. The molecule has 1 nitrogen and oxygen atoms in total. The van der Waals surface area contributed by atoms with Gasteiger partial charge in [-0.25, -0.2) is 0 Å². The van der Waals surface area contributed by atoms with Crippen LogP contribution in [0.25, 0.3) is 10.9 Å². The van der Waals surface area contributed by atoms with Gasteiger partial charge in [0.25, 0.3) is 0 Å². The first-order valence-corrected chi connectivity index (χ1v) is 3.69. The third-order valence-corrected chi connectivity index (χ3v) is 1.74. The van der Waals surface area contributed by atoms with Crippen LogP contribution in [0.2, 0.25) is 0 Å². The molecule has 2 rings (SSSR count). The molecule has 0 aliphatic carbocycles. The first kappa shape index (κ1) is 12.2. The zero-order valence-electron chi connectivity index (χ0n) is 7.23. The minimum atomic E-state index is 0. The van der Waals surface area contributed by atoms with Crippen LogP contribution in [0.15, 0.2) is 36.4 Å². The van der Waals surface area contributed by atoms with E-state index in [9.17, 15) is 0 Å². The average Bonchev–Trinajstić information content (AvgIpc) is 2.04. The molecule has 0 amide bonds. The largest absolute Gasteiger partial charge is 0.253 e. The Kier molecular flexibility index (Phi) is 4.74. The van der Waals surface area contributed by atoms with Crippen LogP contribution in [-0.2, 0) is 0 Å². The van der Waals surface area contributed by atoms with E-state index in [1.807, 2.05) is 31.2 Å². The van der Waals surface area contributed by atoms with Crippen molar-refractivity contribution in [3.05, 3.63) is 42.1 Å². The van der Waals surface area contributed by atoms with Gasteiger partial charge in [-0.15, -0.1) is 24.8 Å². The van der Waals surface area contributed by atoms with Crippen molar-refractivity contribution in [3.8, 4) is 0 Å².